The van der Waals surface area contributed by atoms with Crippen LogP contribution in [0.1, 0.15) is 23.0 Å². The third-order valence-electron chi connectivity index (χ3n) is 1.49. The summed E-state index contributed by atoms with van der Waals surface area (Å²) in [5, 5.41) is 11.0. The quantitative estimate of drug-likeness (QED) is 0.370. The molecule has 82 valence electrons. The maximum absolute atomic E-state index is 11.2. The van der Waals surface area contributed by atoms with E-state index in [9.17, 15) is 4.79 Å². The normalized spacial score (nSPS) is 9.67. The number of rotatable bonds is 3. The van der Waals surface area contributed by atoms with Crippen molar-refractivity contribution in [3.63, 3.8) is 0 Å². The van der Waals surface area contributed by atoms with Crippen molar-refractivity contribution >= 4 is 24.6 Å². The Bertz CT molecular complexity index is 338. The highest BCUT2D eigenvalue weighted by molar-refractivity contribution is 5.89. The second-order valence-corrected chi connectivity index (χ2v) is 2.44. The third-order valence-corrected chi connectivity index (χ3v) is 1.49. The Morgan fingerprint density at radius 3 is 2.87 bits per heavy atom. The van der Waals surface area contributed by atoms with Crippen molar-refractivity contribution < 1.29 is 14.7 Å². The van der Waals surface area contributed by atoms with Gasteiger partial charge in [0.15, 0.2) is 0 Å². The van der Waals surface area contributed by atoms with Gasteiger partial charge in [-0.3, -0.25) is 4.98 Å². The lowest BCUT2D eigenvalue weighted by molar-refractivity contribution is 0.0526. The van der Waals surface area contributed by atoms with E-state index in [-0.39, 0.29) is 12.4 Å². The molecule has 0 atom stereocenters. The molecule has 1 heterocycles. The fourth-order valence-corrected chi connectivity index (χ4v) is 0.876. The fraction of sp³-hybridized carbons (Fsp3) is 0.222. The van der Waals surface area contributed by atoms with E-state index in [1.54, 1.807) is 19.1 Å². The van der Waals surface area contributed by atoms with Crippen LogP contribution in [0.5, 0.6) is 0 Å². The minimum absolute atomic E-state index is 0. The largest absolute Gasteiger partial charge is 0.462 e. The Kier molecular flexibility index (Phi) is 6.05. The van der Waals surface area contributed by atoms with Gasteiger partial charge >= 0.3 is 5.97 Å². The Balaban J connectivity index is 0.00000196. The van der Waals surface area contributed by atoms with Crippen LogP contribution in [0, 0.1) is 0 Å². The van der Waals surface area contributed by atoms with Gasteiger partial charge in [-0.05, 0) is 19.1 Å². The summed E-state index contributed by atoms with van der Waals surface area (Å²) in [6, 6.07) is 3.12. The van der Waals surface area contributed by atoms with Crippen molar-refractivity contribution in [1.82, 2.24) is 4.98 Å². The highest BCUT2D eigenvalue weighted by atomic mass is 35.5. The number of ether oxygens (including phenoxy) is 1. The SMILES string of the molecule is CCOC(=O)c1ccc(C=NO)nc1.Cl. The molecule has 0 unspecified atom stereocenters. The van der Waals surface area contributed by atoms with E-state index in [1.165, 1.54) is 12.4 Å². The van der Waals surface area contributed by atoms with Crippen molar-refractivity contribution in [3.05, 3.63) is 29.6 Å². The molecule has 0 aliphatic carbocycles. The van der Waals surface area contributed by atoms with E-state index < -0.39 is 5.97 Å². The van der Waals surface area contributed by atoms with Crippen LogP contribution in [0.15, 0.2) is 23.5 Å². The lowest BCUT2D eigenvalue weighted by Crippen LogP contribution is -2.05. The number of oxime groups is 1. The van der Waals surface area contributed by atoms with Gasteiger partial charge in [-0.25, -0.2) is 4.79 Å². The molecule has 1 aromatic rings. The summed E-state index contributed by atoms with van der Waals surface area (Å²) >= 11 is 0. The molecule has 0 fully saturated rings. The lowest BCUT2D eigenvalue weighted by Gasteiger charge is -2.00. The van der Waals surface area contributed by atoms with Gasteiger partial charge in [-0.2, -0.15) is 0 Å². The van der Waals surface area contributed by atoms with Crippen molar-refractivity contribution in [2.45, 2.75) is 6.92 Å². The van der Waals surface area contributed by atoms with Gasteiger partial charge in [0, 0.05) is 6.20 Å². The molecule has 0 radical (unpaired) electrons. The van der Waals surface area contributed by atoms with Gasteiger partial charge in [-0.15, -0.1) is 12.4 Å². The highest BCUT2D eigenvalue weighted by Crippen LogP contribution is 2.00. The fourth-order valence-electron chi connectivity index (χ4n) is 0.876. The van der Waals surface area contributed by atoms with Gasteiger partial charge in [0.2, 0.25) is 0 Å². The third kappa shape index (κ3) is 3.95. The van der Waals surface area contributed by atoms with Gasteiger partial charge in [0.05, 0.1) is 24.1 Å². The number of hydrogen-bond donors (Lipinski definition) is 1. The zero-order chi connectivity index (χ0) is 10.4. The molecule has 1 N–H and O–H groups in total. The number of carbonyl (C=O) groups excluding carboxylic acids is 1. The predicted octanol–water partition coefficient (Wildman–Crippen LogP) is 1.49. The first-order chi connectivity index (χ1) is 6.77. The van der Waals surface area contributed by atoms with Crippen LogP contribution in [0.2, 0.25) is 0 Å². The topological polar surface area (TPSA) is 71.8 Å². The maximum Gasteiger partial charge on any atom is 0.339 e. The van der Waals surface area contributed by atoms with Crippen LogP contribution in [-0.2, 0) is 4.74 Å². The minimum Gasteiger partial charge on any atom is -0.462 e. The molecular weight excluding hydrogens is 220 g/mol. The first kappa shape index (κ1) is 13.4. The smallest absolute Gasteiger partial charge is 0.339 e. The van der Waals surface area contributed by atoms with Crippen molar-refractivity contribution in [1.29, 1.82) is 0 Å². The van der Waals surface area contributed by atoms with E-state index in [4.69, 9.17) is 9.94 Å². The number of hydrogen-bond acceptors (Lipinski definition) is 5. The summed E-state index contributed by atoms with van der Waals surface area (Å²) in [6.07, 6.45) is 2.55. The van der Waals surface area contributed by atoms with Gasteiger partial charge < -0.3 is 9.94 Å². The van der Waals surface area contributed by atoms with Crippen molar-refractivity contribution in [2.24, 2.45) is 5.16 Å². The van der Waals surface area contributed by atoms with E-state index in [1.807, 2.05) is 0 Å². The molecule has 1 aromatic heterocycles. The molecule has 0 spiro atoms. The van der Waals surface area contributed by atoms with E-state index in [2.05, 4.69) is 10.1 Å². The van der Waals surface area contributed by atoms with Crippen molar-refractivity contribution in [3.8, 4) is 0 Å². The summed E-state index contributed by atoms with van der Waals surface area (Å²) in [4.78, 5) is 15.0. The molecule has 5 nitrogen and oxygen atoms in total. The number of esters is 1. The molecule has 0 saturated heterocycles. The molecule has 6 heteroatoms. The average Bonchev–Trinajstić information content (AvgIpc) is 2.20. The first-order valence-corrected chi connectivity index (χ1v) is 4.08. The van der Waals surface area contributed by atoms with E-state index in [0.29, 0.717) is 17.9 Å². The van der Waals surface area contributed by atoms with Crippen LogP contribution in [-0.4, -0.2) is 29.0 Å². The Morgan fingerprint density at radius 2 is 2.40 bits per heavy atom. The molecule has 0 amide bonds. The van der Waals surface area contributed by atoms with Gasteiger partial charge in [0.1, 0.15) is 0 Å². The van der Waals surface area contributed by atoms with Crippen LogP contribution < -0.4 is 0 Å². The Hall–Kier alpha value is -1.62. The van der Waals surface area contributed by atoms with Crippen molar-refractivity contribution in [2.75, 3.05) is 6.61 Å². The summed E-state index contributed by atoms with van der Waals surface area (Å²) < 4.78 is 4.77. The molecule has 0 bridgehead atoms. The molecule has 0 aliphatic heterocycles. The standard InChI is InChI=1S/C9H10N2O3.ClH/c1-2-14-9(12)7-3-4-8(6-11-13)10-5-7;/h3-6,13H,2H2,1H3;1H. The number of aromatic nitrogens is 1. The first-order valence-electron chi connectivity index (χ1n) is 4.08. The predicted molar refractivity (Wildman–Crippen MR) is 56.8 cm³/mol. The van der Waals surface area contributed by atoms with Gasteiger partial charge in [0.25, 0.3) is 0 Å². The monoisotopic (exact) mass is 230 g/mol. The highest BCUT2D eigenvalue weighted by Gasteiger charge is 2.05. The zero-order valence-corrected chi connectivity index (χ0v) is 8.90. The van der Waals surface area contributed by atoms with E-state index >= 15 is 0 Å². The summed E-state index contributed by atoms with van der Waals surface area (Å²) in [5.41, 5.74) is 0.850. The van der Waals surface area contributed by atoms with Crippen LogP contribution >= 0.6 is 12.4 Å². The number of pyridine rings is 1. The van der Waals surface area contributed by atoms with Gasteiger partial charge in [-0.1, -0.05) is 5.16 Å². The molecule has 1 rings (SSSR count). The van der Waals surface area contributed by atoms with E-state index in [0.717, 1.165) is 0 Å². The molecule has 0 saturated carbocycles. The number of halogens is 1. The average molecular weight is 231 g/mol. The van der Waals surface area contributed by atoms with Crippen LogP contribution in [0.25, 0.3) is 0 Å². The Labute approximate surface area is 93.2 Å². The minimum atomic E-state index is -0.410. The second kappa shape index (κ2) is 6.78. The summed E-state index contributed by atoms with van der Waals surface area (Å²) in [7, 11) is 0. The van der Waals surface area contributed by atoms with Crippen LogP contribution in [0.4, 0.5) is 0 Å². The van der Waals surface area contributed by atoms with Crippen LogP contribution in [0.3, 0.4) is 0 Å². The number of nitrogens with zero attached hydrogens (tertiary/aromatic N) is 2. The summed E-state index contributed by atoms with van der Waals surface area (Å²) in [5.74, 6) is -0.410. The number of carbonyl (C=O) groups is 1. The second-order valence-electron chi connectivity index (χ2n) is 2.44. The maximum atomic E-state index is 11.2. The lowest BCUT2D eigenvalue weighted by atomic mass is 10.2. The molecule has 15 heavy (non-hydrogen) atoms. The molecule has 0 aliphatic rings. The molecule has 0 aromatic carbocycles. The zero-order valence-electron chi connectivity index (χ0n) is 8.08. The Morgan fingerprint density at radius 1 is 1.67 bits per heavy atom. The summed E-state index contributed by atoms with van der Waals surface area (Å²) in [6.45, 7) is 2.07. The molecular formula is C9H11ClN2O3.